The minimum atomic E-state index is 0.0607. The Morgan fingerprint density at radius 3 is 2.72 bits per heavy atom. The Morgan fingerprint density at radius 2 is 1.90 bits per heavy atom. The Hall–Kier alpha value is -2.77. The SMILES string of the molecule is Cc1nc(NC2CCC(n3nc4c(cc3=O)CCCC4)CC2)c2cnn(C)c2n1. The Morgan fingerprint density at radius 1 is 1.10 bits per heavy atom. The van der Waals surface area contributed by atoms with Crippen LogP contribution in [0, 0.1) is 6.92 Å². The van der Waals surface area contributed by atoms with Crippen molar-refractivity contribution in [3.05, 3.63) is 39.7 Å². The predicted molar refractivity (Wildman–Crippen MR) is 111 cm³/mol. The van der Waals surface area contributed by atoms with Crippen molar-refractivity contribution in [2.45, 2.75) is 70.4 Å². The second-order valence-electron chi connectivity index (χ2n) is 8.38. The minimum Gasteiger partial charge on any atom is -0.367 e. The van der Waals surface area contributed by atoms with Crippen molar-refractivity contribution in [1.82, 2.24) is 29.5 Å². The highest BCUT2D eigenvalue weighted by molar-refractivity contribution is 5.86. The van der Waals surface area contributed by atoms with E-state index in [1.165, 1.54) is 12.8 Å². The van der Waals surface area contributed by atoms with E-state index < -0.39 is 0 Å². The van der Waals surface area contributed by atoms with Crippen molar-refractivity contribution in [2.24, 2.45) is 7.05 Å². The van der Waals surface area contributed by atoms with Crippen LogP contribution in [0.5, 0.6) is 0 Å². The van der Waals surface area contributed by atoms with Crippen molar-refractivity contribution in [3.63, 3.8) is 0 Å². The molecule has 152 valence electrons. The van der Waals surface area contributed by atoms with Gasteiger partial charge in [0.1, 0.15) is 11.6 Å². The Bertz CT molecular complexity index is 1110. The van der Waals surface area contributed by atoms with E-state index >= 15 is 0 Å². The molecule has 3 aromatic heterocycles. The molecule has 0 amide bonds. The first kappa shape index (κ1) is 18.3. The zero-order valence-corrected chi connectivity index (χ0v) is 17.1. The number of anilines is 1. The lowest BCUT2D eigenvalue weighted by molar-refractivity contribution is 0.300. The van der Waals surface area contributed by atoms with Gasteiger partial charge < -0.3 is 5.32 Å². The van der Waals surface area contributed by atoms with Gasteiger partial charge in [0.05, 0.1) is 23.3 Å². The second kappa shape index (κ2) is 7.24. The molecule has 0 bridgehead atoms. The molecule has 3 heterocycles. The summed E-state index contributed by atoms with van der Waals surface area (Å²) in [7, 11) is 1.90. The standard InChI is InChI=1S/C21H27N7O/c1-13-23-20(17-12-22-27(2)21(17)24-13)25-15-7-9-16(10-8-15)28-19(29)11-14-5-3-4-6-18(14)26-28/h11-12,15-16H,3-10H2,1-2H3,(H,23,24,25). The fraction of sp³-hybridized carbons (Fsp3) is 0.571. The van der Waals surface area contributed by atoms with E-state index in [2.05, 4.69) is 20.4 Å². The van der Waals surface area contributed by atoms with Gasteiger partial charge in [-0.3, -0.25) is 9.48 Å². The van der Waals surface area contributed by atoms with Gasteiger partial charge in [-0.15, -0.1) is 0 Å². The monoisotopic (exact) mass is 393 g/mol. The van der Waals surface area contributed by atoms with Crippen molar-refractivity contribution < 1.29 is 0 Å². The smallest absolute Gasteiger partial charge is 0.267 e. The van der Waals surface area contributed by atoms with Crippen LogP contribution in [0.1, 0.15) is 61.6 Å². The summed E-state index contributed by atoms with van der Waals surface area (Å²) in [5.74, 6) is 1.59. The molecule has 0 radical (unpaired) electrons. The maximum Gasteiger partial charge on any atom is 0.267 e. The number of nitrogens with one attached hydrogen (secondary N) is 1. The quantitative estimate of drug-likeness (QED) is 0.736. The van der Waals surface area contributed by atoms with Gasteiger partial charge in [0, 0.05) is 19.2 Å². The third-order valence-corrected chi connectivity index (χ3v) is 6.32. The zero-order valence-electron chi connectivity index (χ0n) is 17.1. The Kier molecular flexibility index (Phi) is 4.56. The molecule has 8 heteroatoms. The van der Waals surface area contributed by atoms with Gasteiger partial charge in [-0.05, 0) is 63.9 Å². The van der Waals surface area contributed by atoms with Crippen LogP contribution in [0.15, 0.2) is 17.1 Å². The molecule has 0 spiro atoms. The van der Waals surface area contributed by atoms with E-state index in [9.17, 15) is 4.79 Å². The van der Waals surface area contributed by atoms with Crippen molar-refractivity contribution in [3.8, 4) is 0 Å². The van der Waals surface area contributed by atoms with E-state index in [0.717, 1.165) is 72.5 Å². The summed E-state index contributed by atoms with van der Waals surface area (Å²) >= 11 is 0. The minimum absolute atomic E-state index is 0.0607. The van der Waals surface area contributed by atoms with Gasteiger partial charge in [-0.1, -0.05) is 0 Å². The highest BCUT2D eigenvalue weighted by Crippen LogP contribution is 2.30. The molecule has 1 saturated carbocycles. The van der Waals surface area contributed by atoms with E-state index in [4.69, 9.17) is 5.10 Å². The third kappa shape index (κ3) is 3.41. The number of fused-ring (bicyclic) bond motifs is 2. The second-order valence-corrected chi connectivity index (χ2v) is 8.38. The lowest BCUT2D eigenvalue weighted by Crippen LogP contribution is -2.34. The normalized spacial score (nSPS) is 21.9. The summed E-state index contributed by atoms with van der Waals surface area (Å²) in [4.78, 5) is 21.7. The largest absolute Gasteiger partial charge is 0.367 e. The van der Waals surface area contributed by atoms with Gasteiger partial charge in [-0.2, -0.15) is 10.2 Å². The van der Waals surface area contributed by atoms with Crippen molar-refractivity contribution in [2.75, 3.05) is 5.32 Å². The molecule has 0 unspecified atom stereocenters. The fourth-order valence-corrected chi connectivity index (χ4v) is 4.74. The predicted octanol–water partition coefficient (Wildman–Crippen LogP) is 2.70. The summed E-state index contributed by atoms with van der Waals surface area (Å²) in [6.45, 7) is 1.91. The molecular formula is C21H27N7O. The van der Waals surface area contributed by atoms with Gasteiger partial charge >= 0.3 is 0 Å². The van der Waals surface area contributed by atoms with E-state index in [0.29, 0.717) is 6.04 Å². The van der Waals surface area contributed by atoms with E-state index in [1.807, 2.05) is 26.2 Å². The first-order valence-corrected chi connectivity index (χ1v) is 10.6. The summed E-state index contributed by atoms with van der Waals surface area (Å²) in [5.41, 5.74) is 3.20. The van der Waals surface area contributed by atoms with Crippen LogP contribution in [-0.4, -0.2) is 35.6 Å². The average molecular weight is 393 g/mol. The molecule has 1 fully saturated rings. The van der Waals surface area contributed by atoms with Crippen LogP contribution in [0.3, 0.4) is 0 Å². The van der Waals surface area contributed by atoms with Crippen molar-refractivity contribution in [1.29, 1.82) is 0 Å². The average Bonchev–Trinajstić information content (AvgIpc) is 3.09. The molecule has 0 atom stereocenters. The van der Waals surface area contributed by atoms with Gasteiger partial charge in [0.15, 0.2) is 5.65 Å². The summed E-state index contributed by atoms with van der Waals surface area (Å²) in [6, 6.07) is 2.35. The van der Waals surface area contributed by atoms with E-state index in [-0.39, 0.29) is 11.6 Å². The molecule has 3 aromatic rings. The number of hydrogen-bond acceptors (Lipinski definition) is 6. The molecule has 5 rings (SSSR count). The third-order valence-electron chi connectivity index (χ3n) is 6.32. The van der Waals surface area contributed by atoms with Gasteiger partial charge in [-0.25, -0.2) is 14.6 Å². The number of nitrogens with zero attached hydrogens (tertiary/aromatic N) is 6. The molecule has 2 aliphatic rings. The number of aromatic nitrogens is 6. The maximum absolute atomic E-state index is 12.6. The summed E-state index contributed by atoms with van der Waals surface area (Å²) in [5, 5.41) is 13.6. The first-order valence-electron chi connectivity index (χ1n) is 10.6. The number of rotatable bonds is 3. The zero-order chi connectivity index (χ0) is 20.0. The lowest BCUT2D eigenvalue weighted by atomic mass is 9.91. The molecule has 0 aromatic carbocycles. The lowest BCUT2D eigenvalue weighted by Gasteiger charge is -2.30. The molecule has 29 heavy (non-hydrogen) atoms. The van der Waals surface area contributed by atoms with Crippen LogP contribution in [0.4, 0.5) is 5.82 Å². The summed E-state index contributed by atoms with van der Waals surface area (Å²) in [6.07, 6.45) is 10.0. The highest BCUT2D eigenvalue weighted by atomic mass is 16.1. The van der Waals surface area contributed by atoms with E-state index in [1.54, 1.807) is 9.36 Å². The number of aryl methyl sites for hydroxylation is 4. The van der Waals surface area contributed by atoms with Crippen molar-refractivity contribution >= 4 is 16.9 Å². The van der Waals surface area contributed by atoms with Crippen LogP contribution in [0.25, 0.3) is 11.0 Å². The van der Waals surface area contributed by atoms with Crippen LogP contribution in [0.2, 0.25) is 0 Å². The maximum atomic E-state index is 12.6. The van der Waals surface area contributed by atoms with Gasteiger partial charge in [0.25, 0.3) is 5.56 Å². The fourth-order valence-electron chi connectivity index (χ4n) is 4.74. The Balaban J connectivity index is 1.31. The number of hydrogen-bond donors (Lipinski definition) is 1. The Labute approximate surface area is 169 Å². The first-order chi connectivity index (χ1) is 14.1. The summed E-state index contributed by atoms with van der Waals surface area (Å²) < 4.78 is 3.54. The molecule has 0 saturated heterocycles. The molecule has 2 aliphatic carbocycles. The van der Waals surface area contributed by atoms with Crippen LogP contribution in [-0.2, 0) is 19.9 Å². The molecule has 1 N–H and O–H groups in total. The topological polar surface area (TPSA) is 90.5 Å². The molecule has 8 nitrogen and oxygen atoms in total. The van der Waals surface area contributed by atoms with Gasteiger partial charge in [0.2, 0.25) is 0 Å². The highest BCUT2D eigenvalue weighted by Gasteiger charge is 2.26. The molecular weight excluding hydrogens is 366 g/mol. The van der Waals surface area contributed by atoms with Crippen LogP contribution >= 0.6 is 0 Å². The van der Waals surface area contributed by atoms with Crippen LogP contribution < -0.4 is 10.9 Å². The molecule has 0 aliphatic heterocycles.